The lowest BCUT2D eigenvalue weighted by Gasteiger charge is -2.13. The van der Waals surface area contributed by atoms with Crippen molar-refractivity contribution in [2.45, 2.75) is 5.16 Å². The van der Waals surface area contributed by atoms with Gasteiger partial charge in [0.1, 0.15) is 17.0 Å². The fourth-order valence-corrected chi connectivity index (χ4v) is 5.04. The van der Waals surface area contributed by atoms with Crippen LogP contribution in [0.2, 0.25) is 0 Å². The molecule has 0 aliphatic carbocycles. The molecule has 0 unspecified atom stereocenters. The fourth-order valence-electron chi connectivity index (χ4n) is 4.20. The van der Waals surface area contributed by atoms with Gasteiger partial charge in [0.2, 0.25) is 11.0 Å². The van der Waals surface area contributed by atoms with Gasteiger partial charge in [-0.3, -0.25) is 0 Å². The number of furan rings is 1. The summed E-state index contributed by atoms with van der Waals surface area (Å²) in [6, 6.07) is 32.2. The van der Waals surface area contributed by atoms with E-state index in [2.05, 4.69) is 22.3 Å². The summed E-state index contributed by atoms with van der Waals surface area (Å²) >= 11 is 1.62. The Kier molecular flexibility index (Phi) is 4.63. The van der Waals surface area contributed by atoms with E-state index in [1.165, 1.54) is 0 Å². The molecule has 0 N–H and O–H groups in total. The third-order valence-electron chi connectivity index (χ3n) is 5.89. The van der Waals surface area contributed by atoms with E-state index in [1.807, 2.05) is 89.6 Å². The van der Waals surface area contributed by atoms with Crippen molar-refractivity contribution in [1.82, 2.24) is 24.7 Å². The quantitative estimate of drug-likeness (QED) is 0.318. The fraction of sp³-hybridized carbons (Fsp3) is 0.0370. The molecule has 7 rings (SSSR count). The lowest BCUT2D eigenvalue weighted by Crippen LogP contribution is -2.13. The number of aromatic nitrogens is 5. The van der Waals surface area contributed by atoms with Gasteiger partial charge in [-0.25, -0.2) is 4.68 Å². The second-order valence-electron chi connectivity index (χ2n) is 8.13. The van der Waals surface area contributed by atoms with E-state index in [4.69, 9.17) is 14.6 Å². The van der Waals surface area contributed by atoms with Crippen LogP contribution in [-0.4, -0.2) is 36.1 Å². The average molecular weight is 475 g/mol. The van der Waals surface area contributed by atoms with E-state index in [-0.39, 0.29) is 0 Å². The molecule has 6 aromatic rings. The van der Waals surface area contributed by atoms with Crippen LogP contribution in [0.3, 0.4) is 0 Å². The molecular formula is C27H18N6OS. The Labute approximate surface area is 204 Å². The van der Waals surface area contributed by atoms with Gasteiger partial charge in [0.25, 0.3) is 0 Å². The summed E-state index contributed by atoms with van der Waals surface area (Å²) in [5.74, 6) is 2.06. The maximum Gasteiger partial charge on any atom is 0.212 e. The first-order valence-electron chi connectivity index (χ1n) is 11.2. The van der Waals surface area contributed by atoms with Gasteiger partial charge in [-0.1, -0.05) is 78.5 Å². The van der Waals surface area contributed by atoms with Crippen molar-refractivity contribution < 1.29 is 4.42 Å². The second kappa shape index (κ2) is 8.11. The van der Waals surface area contributed by atoms with Gasteiger partial charge in [0, 0.05) is 11.1 Å². The molecule has 0 bridgehead atoms. The van der Waals surface area contributed by atoms with Crippen LogP contribution < -0.4 is 0 Å². The van der Waals surface area contributed by atoms with Crippen LogP contribution in [0.5, 0.6) is 0 Å². The average Bonchev–Trinajstić information content (AvgIpc) is 3.65. The van der Waals surface area contributed by atoms with Crippen LogP contribution in [0.1, 0.15) is 5.56 Å². The Morgan fingerprint density at radius 3 is 2.40 bits per heavy atom. The minimum absolute atomic E-state index is 0.590. The number of thioether (sulfide) groups is 1. The van der Waals surface area contributed by atoms with Gasteiger partial charge >= 0.3 is 0 Å². The lowest BCUT2D eigenvalue weighted by atomic mass is 10.1. The standard InChI is InChI=1S/C27H18N6OS/c1-3-9-18(10-4-1)22-17-35-27-29-28-26(33(27)31-22)21-16-23(32(30-21)20-12-5-2-6-13-20)25-15-19-11-7-8-14-24(19)34-25/h1-16H,17H2. The van der Waals surface area contributed by atoms with Crippen LogP contribution in [0.25, 0.3) is 39.6 Å². The van der Waals surface area contributed by atoms with Gasteiger partial charge in [-0.15, -0.1) is 10.2 Å². The maximum atomic E-state index is 6.20. The van der Waals surface area contributed by atoms with Crippen molar-refractivity contribution >= 4 is 28.4 Å². The first-order chi connectivity index (χ1) is 17.3. The van der Waals surface area contributed by atoms with Crippen molar-refractivity contribution in [2.75, 3.05) is 5.75 Å². The van der Waals surface area contributed by atoms with Crippen molar-refractivity contribution in [3.05, 3.63) is 103 Å². The molecule has 3 aromatic heterocycles. The third-order valence-corrected chi connectivity index (χ3v) is 6.83. The number of para-hydroxylation sites is 2. The van der Waals surface area contributed by atoms with Gasteiger partial charge < -0.3 is 4.42 Å². The predicted molar refractivity (Wildman–Crippen MR) is 137 cm³/mol. The highest BCUT2D eigenvalue weighted by Gasteiger charge is 2.24. The van der Waals surface area contributed by atoms with Crippen LogP contribution in [0.4, 0.5) is 0 Å². The zero-order valence-corrected chi connectivity index (χ0v) is 19.3. The minimum atomic E-state index is 0.590. The first-order valence-corrected chi connectivity index (χ1v) is 12.2. The zero-order valence-electron chi connectivity index (χ0n) is 18.4. The highest BCUT2D eigenvalue weighted by atomic mass is 32.2. The lowest BCUT2D eigenvalue weighted by molar-refractivity contribution is 0.624. The number of hydrogen-bond acceptors (Lipinski definition) is 6. The van der Waals surface area contributed by atoms with Crippen LogP contribution in [-0.2, 0) is 0 Å². The highest BCUT2D eigenvalue weighted by Crippen LogP contribution is 2.34. The molecule has 7 nitrogen and oxygen atoms in total. The summed E-state index contributed by atoms with van der Waals surface area (Å²) in [7, 11) is 0. The summed E-state index contributed by atoms with van der Waals surface area (Å²) in [4.78, 5) is 0. The predicted octanol–water partition coefficient (Wildman–Crippen LogP) is 5.90. The first kappa shape index (κ1) is 20.0. The molecule has 0 spiro atoms. The molecule has 1 aliphatic rings. The van der Waals surface area contributed by atoms with Gasteiger partial charge in [0.05, 0.1) is 11.4 Å². The summed E-state index contributed by atoms with van der Waals surface area (Å²) < 4.78 is 9.87. The molecule has 8 heteroatoms. The van der Waals surface area contributed by atoms with E-state index >= 15 is 0 Å². The molecule has 0 amide bonds. The Morgan fingerprint density at radius 1 is 0.800 bits per heavy atom. The normalized spacial score (nSPS) is 13.1. The Hall–Kier alpha value is -4.43. The molecule has 4 heterocycles. The maximum absolute atomic E-state index is 6.20. The molecule has 0 fully saturated rings. The number of fused-ring (bicyclic) bond motifs is 2. The molecule has 0 atom stereocenters. The summed E-state index contributed by atoms with van der Waals surface area (Å²) in [6.07, 6.45) is 0. The summed E-state index contributed by atoms with van der Waals surface area (Å²) in [5.41, 5.74) is 5.32. The number of nitrogens with zero attached hydrogens (tertiary/aromatic N) is 6. The summed E-state index contributed by atoms with van der Waals surface area (Å²) in [5, 5.41) is 20.4. The number of benzene rings is 3. The molecule has 0 saturated carbocycles. The summed E-state index contributed by atoms with van der Waals surface area (Å²) in [6.45, 7) is 0. The molecule has 1 aliphatic heterocycles. The SMILES string of the molecule is c1ccc(C2=Nn3c(nnc3-c3cc(-c4cc5ccccc5o4)n(-c4ccccc4)n3)SC2)cc1. The molecule has 168 valence electrons. The topological polar surface area (TPSA) is 74.0 Å². The van der Waals surface area contributed by atoms with E-state index in [0.717, 1.165) is 50.3 Å². The van der Waals surface area contributed by atoms with Crippen LogP contribution in [0.15, 0.2) is 112 Å². The van der Waals surface area contributed by atoms with Gasteiger partial charge in [-0.05, 0) is 35.9 Å². The van der Waals surface area contributed by atoms with Crippen molar-refractivity contribution in [1.29, 1.82) is 0 Å². The second-order valence-corrected chi connectivity index (χ2v) is 9.07. The molecule has 3 aromatic carbocycles. The molecule has 0 saturated heterocycles. The highest BCUT2D eigenvalue weighted by molar-refractivity contribution is 7.99. The zero-order chi connectivity index (χ0) is 23.2. The smallest absolute Gasteiger partial charge is 0.212 e. The number of hydrogen-bond donors (Lipinski definition) is 0. The third kappa shape index (κ3) is 3.46. The largest absolute Gasteiger partial charge is 0.454 e. The van der Waals surface area contributed by atoms with E-state index in [1.54, 1.807) is 16.4 Å². The van der Waals surface area contributed by atoms with Gasteiger partial charge in [-0.2, -0.15) is 14.9 Å². The Balaban J connectivity index is 1.39. The van der Waals surface area contributed by atoms with E-state index < -0.39 is 0 Å². The molecule has 35 heavy (non-hydrogen) atoms. The van der Waals surface area contributed by atoms with Gasteiger partial charge in [0.15, 0.2) is 5.76 Å². The Morgan fingerprint density at radius 2 is 1.57 bits per heavy atom. The minimum Gasteiger partial charge on any atom is -0.454 e. The van der Waals surface area contributed by atoms with E-state index in [0.29, 0.717) is 11.5 Å². The van der Waals surface area contributed by atoms with Crippen molar-refractivity contribution in [3.63, 3.8) is 0 Å². The van der Waals surface area contributed by atoms with E-state index in [9.17, 15) is 0 Å². The number of rotatable bonds is 4. The van der Waals surface area contributed by atoms with Crippen molar-refractivity contribution in [2.24, 2.45) is 5.10 Å². The molecular weight excluding hydrogens is 456 g/mol. The van der Waals surface area contributed by atoms with Crippen molar-refractivity contribution in [3.8, 4) is 28.7 Å². The Bertz CT molecular complexity index is 1660. The monoisotopic (exact) mass is 474 g/mol. The molecule has 0 radical (unpaired) electrons. The van der Waals surface area contributed by atoms with Crippen LogP contribution >= 0.6 is 11.8 Å². The van der Waals surface area contributed by atoms with Crippen LogP contribution in [0, 0.1) is 0 Å².